The number of aryl methyl sites for hydroxylation is 1. The summed E-state index contributed by atoms with van der Waals surface area (Å²) in [4.78, 5) is 34.0. The number of thiazole rings is 1. The Hall–Kier alpha value is -3.37. The van der Waals surface area contributed by atoms with Crippen LogP contribution >= 0.6 is 22.9 Å². The molecule has 39 heavy (non-hydrogen) atoms. The highest BCUT2D eigenvalue weighted by atomic mass is 35.5. The summed E-state index contributed by atoms with van der Waals surface area (Å²) in [6.07, 6.45) is 4.64. The predicted octanol–water partition coefficient (Wildman–Crippen LogP) is 5.86. The third kappa shape index (κ3) is 5.96. The molecular formula is C28H30ClFN6O2S. The number of nitrogens with one attached hydrogen (secondary N) is 2. The number of anilines is 1. The SMILES string of the molecule is CC(C)c1c2cc(-c3cc(NC(=O)[C@H]4CCC[C@@H](NC(=O)Cc5cscn5)C4)ncc3Cl)cc(F)c2nn1C. The molecule has 8 nitrogen and oxygen atoms in total. The van der Waals surface area contributed by atoms with E-state index in [0.29, 0.717) is 33.9 Å². The van der Waals surface area contributed by atoms with Gasteiger partial charge >= 0.3 is 0 Å². The molecule has 2 atom stereocenters. The van der Waals surface area contributed by atoms with Gasteiger partial charge in [0.05, 0.1) is 22.6 Å². The number of benzene rings is 1. The van der Waals surface area contributed by atoms with E-state index in [-0.39, 0.29) is 36.1 Å². The van der Waals surface area contributed by atoms with Crippen molar-refractivity contribution < 1.29 is 14.0 Å². The van der Waals surface area contributed by atoms with Crippen LogP contribution in [-0.2, 0) is 23.1 Å². The van der Waals surface area contributed by atoms with Gasteiger partial charge in [-0.2, -0.15) is 5.10 Å². The van der Waals surface area contributed by atoms with Gasteiger partial charge < -0.3 is 10.6 Å². The molecule has 1 saturated carbocycles. The molecule has 1 aliphatic rings. The maximum Gasteiger partial charge on any atom is 0.228 e. The average Bonchev–Trinajstić information content (AvgIpc) is 3.52. The van der Waals surface area contributed by atoms with Crippen molar-refractivity contribution in [2.75, 3.05) is 5.32 Å². The molecule has 204 valence electrons. The maximum atomic E-state index is 15.1. The fourth-order valence-corrected chi connectivity index (χ4v) is 6.17. The average molecular weight is 569 g/mol. The zero-order valence-electron chi connectivity index (χ0n) is 22.0. The fourth-order valence-electron chi connectivity index (χ4n) is 5.40. The number of hydrogen-bond acceptors (Lipinski definition) is 6. The third-order valence-corrected chi connectivity index (χ3v) is 8.07. The molecule has 3 aromatic heterocycles. The van der Waals surface area contributed by atoms with Crippen LogP contribution in [0.4, 0.5) is 10.2 Å². The molecule has 0 spiro atoms. The summed E-state index contributed by atoms with van der Waals surface area (Å²) in [5.74, 6) is -0.464. The zero-order valence-corrected chi connectivity index (χ0v) is 23.6. The molecule has 1 aromatic carbocycles. The maximum absolute atomic E-state index is 15.1. The van der Waals surface area contributed by atoms with Crippen molar-refractivity contribution in [2.45, 2.75) is 57.9 Å². The molecule has 0 saturated heterocycles. The topological polar surface area (TPSA) is 102 Å². The van der Waals surface area contributed by atoms with Gasteiger partial charge in [0.15, 0.2) is 5.82 Å². The number of fused-ring (bicyclic) bond motifs is 1. The van der Waals surface area contributed by atoms with E-state index in [1.165, 1.54) is 23.6 Å². The summed E-state index contributed by atoms with van der Waals surface area (Å²) in [6, 6.07) is 4.89. The van der Waals surface area contributed by atoms with Gasteiger partial charge in [0.1, 0.15) is 11.3 Å². The minimum Gasteiger partial charge on any atom is -0.353 e. The lowest BCUT2D eigenvalue weighted by Crippen LogP contribution is -2.41. The van der Waals surface area contributed by atoms with E-state index in [9.17, 15) is 9.59 Å². The monoisotopic (exact) mass is 568 g/mol. The number of halogens is 2. The van der Waals surface area contributed by atoms with E-state index in [4.69, 9.17) is 11.6 Å². The standard InChI is InChI=1S/C28H30ClFN6O2S/c1-15(2)27-21-8-17(9-23(30)26(21)35-36(27)3)20-11-24(31-12-22(20)29)34-28(38)16-5-4-6-18(7-16)33-25(37)10-19-13-39-14-32-19/h8-9,11-16,18H,4-7,10H2,1-3H3,(H,33,37)(H,31,34,38)/t16-,18+/m0/s1. The lowest BCUT2D eigenvalue weighted by molar-refractivity contribution is -0.124. The van der Waals surface area contributed by atoms with Gasteiger partial charge in [-0.1, -0.05) is 31.9 Å². The van der Waals surface area contributed by atoms with Crippen LogP contribution in [-0.4, -0.2) is 37.6 Å². The van der Waals surface area contributed by atoms with Crippen molar-refractivity contribution in [3.05, 3.63) is 57.5 Å². The summed E-state index contributed by atoms with van der Waals surface area (Å²) in [5, 5.41) is 13.2. The van der Waals surface area contributed by atoms with E-state index in [1.54, 1.807) is 16.3 Å². The Labute approximate surface area is 235 Å². The van der Waals surface area contributed by atoms with Gasteiger partial charge in [-0.3, -0.25) is 14.3 Å². The number of carbonyl (C=O) groups is 2. The van der Waals surface area contributed by atoms with Crippen LogP contribution in [0.5, 0.6) is 0 Å². The predicted molar refractivity (Wildman–Crippen MR) is 151 cm³/mol. The molecular weight excluding hydrogens is 539 g/mol. The van der Waals surface area contributed by atoms with E-state index in [2.05, 4.69) is 25.7 Å². The highest BCUT2D eigenvalue weighted by Crippen LogP contribution is 2.35. The van der Waals surface area contributed by atoms with E-state index in [1.807, 2.05) is 32.3 Å². The van der Waals surface area contributed by atoms with Crippen LogP contribution in [0.2, 0.25) is 5.02 Å². The van der Waals surface area contributed by atoms with E-state index >= 15 is 4.39 Å². The summed E-state index contributed by atoms with van der Waals surface area (Å²) in [5.41, 5.74) is 4.84. The fraction of sp³-hybridized carbons (Fsp3) is 0.393. The van der Waals surface area contributed by atoms with Crippen molar-refractivity contribution in [1.29, 1.82) is 0 Å². The third-order valence-electron chi connectivity index (χ3n) is 7.14. The smallest absolute Gasteiger partial charge is 0.228 e. The van der Waals surface area contributed by atoms with E-state index < -0.39 is 5.82 Å². The van der Waals surface area contributed by atoms with Crippen LogP contribution < -0.4 is 10.6 Å². The minimum absolute atomic E-state index is 0.0706. The molecule has 5 rings (SSSR count). The zero-order chi connectivity index (χ0) is 27.7. The van der Waals surface area contributed by atoms with Gasteiger partial charge in [0, 0.05) is 47.2 Å². The van der Waals surface area contributed by atoms with Gasteiger partial charge in [0.25, 0.3) is 0 Å². The number of carbonyl (C=O) groups excluding carboxylic acids is 2. The van der Waals surface area contributed by atoms with Gasteiger partial charge in [-0.05, 0) is 48.9 Å². The molecule has 0 unspecified atom stereocenters. The second kappa shape index (κ2) is 11.4. The largest absolute Gasteiger partial charge is 0.353 e. The summed E-state index contributed by atoms with van der Waals surface area (Å²) >= 11 is 7.94. The molecule has 2 N–H and O–H groups in total. The van der Waals surface area contributed by atoms with Crippen LogP contribution in [0, 0.1) is 11.7 Å². The van der Waals surface area contributed by atoms with Gasteiger partial charge in [-0.25, -0.2) is 14.4 Å². The normalized spacial score (nSPS) is 17.5. The van der Waals surface area contributed by atoms with Crippen molar-refractivity contribution in [2.24, 2.45) is 13.0 Å². The van der Waals surface area contributed by atoms with Gasteiger partial charge in [-0.15, -0.1) is 11.3 Å². The Balaban J connectivity index is 1.31. The Morgan fingerprint density at radius 1 is 1.23 bits per heavy atom. The second-order valence-electron chi connectivity index (χ2n) is 10.3. The van der Waals surface area contributed by atoms with Gasteiger partial charge in [0.2, 0.25) is 11.8 Å². The Morgan fingerprint density at radius 2 is 2.05 bits per heavy atom. The highest BCUT2D eigenvalue weighted by Gasteiger charge is 2.29. The van der Waals surface area contributed by atoms with Crippen LogP contribution in [0.25, 0.3) is 22.0 Å². The molecule has 1 aliphatic carbocycles. The first kappa shape index (κ1) is 27.2. The van der Waals surface area contributed by atoms with Crippen LogP contribution in [0.3, 0.4) is 0 Å². The van der Waals surface area contributed by atoms with Crippen molar-refractivity contribution in [3.63, 3.8) is 0 Å². The lowest BCUT2D eigenvalue weighted by Gasteiger charge is -2.29. The number of hydrogen-bond donors (Lipinski definition) is 2. The Kier molecular flexibility index (Phi) is 7.95. The van der Waals surface area contributed by atoms with E-state index in [0.717, 1.165) is 36.0 Å². The summed E-state index contributed by atoms with van der Waals surface area (Å²) in [6.45, 7) is 4.08. The molecule has 11 heteroatoms. The molecule has 2 amide bonds. The minimum atomic E-state index is -0.437. The first-order chi connectivity index (χ1) is 18.7. The molecule has 0 aliphatic heterocycles. The lowest BCUT2D eigenvalue weighted by atomic mass is 9.85. The number of nitrogens with zero attached hydrogens (tertiary/aromatic N) is 4. The van der Waals surface area contributed by atoms with Crippen LogP contribution in [0.15, 0.2) is 35.3 Å². The molecule has 3 heterocycles. The molecule has 0 bridgehead atoms. The van der Waals surface area contributed by atoms with Crippen molar-refractivity contribution in [3.8, 4) is 11.1 Å². The van der Waals surface area contributed by atoms with Crippen molar-refractivity contribution in [1.82, 2.24) is 25.1 Å². The molecule has 0 radical (unpaired) electrons. The van der Waals surface area contributed by atoms with Crippen LogP contribution in [0.1, 0.15) is 56.8 Å². The number of rotatable bonds is 7. The number of amides is 2. The molecule has 4 aromatic rings. The highest BCUT2D eigenvalue weighted by molar-refractivity contribution is 7.07. The number of aromatic nitrogens is 4. The number of pyridine rings is 1. The summed E-state index contributed by atoms with van der Waals surface area (Å²) < 4.78 is 16.8. The Bertz CT molecular complexity index is 1520. The van der Waals surface area contributed by atoms with Crippen molar-refractivity contribution >= 4 is 51.5 Å². The molecule has 1 fully saturated rings. The first-order valence-corrected chi connectivity index (χ1v) is 14.3. The Morgan fingerprint density at radius 3 is 2.79 bits per heavy atom. The second-order valence-corrected chi connectivity index (χ2v) is 11.5. The quantitative estimate of drug-likeness (QED) is 0.290. The summed E-state index contributed by atoms with van der Waals surface area (Å²) in [7, 11) is 1.81. The first-order valence-electron chi connectivity index (χ1n) is 13.0.